The molecule has 1 fully saturated rings. The lowest BCUT2D eigenvalue weighted by Crippen LogP contribution is -2.50. The molecule has 1 aromatic carbocycles. The highest BCUT2D eigenvalue weighted by Gasteiger charge is 2.29. The van der Waals surface area contributed by atoms with Crippen molar-refractivity contribution in [1.29, 1.82) is 0 Å². The number of benzene rings is 1. The highest BCUT2D eigenvalue weighted by molar-refractivity contribution is 5.97. The fourth-order valence-electron chi connectivity index (χ4n) is 3.64. The summed E-state index contributed by atoms with van der Waals surface area (Å²) in [5, 5.41) is 12.0. The molecule has 2 aliphatic rings. The number of rotatable bonds is 4. The van der Waals surface area contributed by atoms with E-state index in [4.69, 9.17) is 0 Å². The van der Waals surface area contributed by atoms with Gasteiger partial charge in [-0.1, -0.05) is 18.2 Å². The predicted octanol–water partition coefficient (Wildman–Crippen LogP) is 1.90. The van der Waals surface area contributed by atoms with Crippen LogP contribution in [0.2, 0.25) is 0 Å². The lowest BCUT2D eigenvalue weighted by molar-refractivity contribution is -0.121. The summed E-state index contributed by atoms with van der Waals surface area (Å²) in [6.07, 6.45) is 5.28. The highest BCUT2D eigenvalue weighted by atomic mass is 16.2. The Labute approximate surface area is 141 Å². The molecule has 1 unspecified atom stereocenters. The Hall–Kier alpha value is -2.21. The van der Waals surface area contributed by atoms with Crippen molar-refractivity contribution in [2.75, 3.05) is 11.4 Å². The number of carbonyl (C=O) groups excluding carboxylic acids is 1. The van der Waals surface area contributed by atoms with Gasteiger partial charge in [-0.05, 0) is 37.8 Å². The molecule has 3 heterocycles. The van der Waals surface area contributed by atoms with E-state index in [0.717, 1.165) is 49.7 Å². The van der Waals surface area contributed by atoms with E-state index in [9.17, 15) is 4.79 Å². The zero-order chi connectivity index (χ0) is 16.4. The fraction of sp³-hybridized carbons (Fsp3) is 0.500. The summed E-state index contributed by atoms with van der Waals surface area (Å²) in [4.78, 5) is 14.7. The molecule has 1 atom stereocenters. The van der Waals surface area contributed by atoms with Crippen LogP contribution in [-0.4, -0.2) is 33.3 Å². The van der Waals surface area contributed by atoms with Gasteiger partial charge in [0.25, 0.3) is 0 Å². The van der Waals surface area contributed by atoms with Gasteiger partial charge in [0.1, 0.15) is 11.6 Å². The number of amides is 1. The van der Waals surface area contributed by atoms with Crippen molar-refractivity contribution in [2.45, 2.75) is 51.2 Å². The molecular weight excluding hydrogens is 302 g/mol. The number of hydrogen-bond acceptors (Lipinski definition) is 4. The Morgan fingerprint density at radius 3 is 2.83 bits per heavy atom. The van der Waals surface area contributed by atoms with Crippen LogP contribution in [0.5, 0.6) is 0 Å². The number of anilines is 1. The number of aryl methyl sites for hydroxylation is 1. The van der Waals surface area contributed by atoms with Crippen LogP contribution in [0.4, 0.5) is 5.69 Å². The topological polar surface area (TPSA) is 63.1 Å². The van der Waals surface area contributed by atoms with E-state index >= 15 is 0 Å². The first-order chi connectivity index (χ1) is 11.8. The minimum absolute atomic E-state index is 0.143. The number of carbonyl (C=O) groups is 1. The molecule has 1 saturated heterocycles. The minimum Gasteiger partial charge on any atom is -0.314 e. The molecule has 0 spiro atoms. The molecule has 6 heteroatoms. The van der Waals surface area contributed by atoms with Crippen molar-refractivity contribution in [3.05, 3.63) is 42.0 Å². The number of fused-ring (bicyclic) bond motifs is 1. The lowest BCUT2D eigenvalue weighted by atomic mass is 10.0. The Kier molecular flexibility index (Phi) is 4.30. The Balaban J connectivity index is 1.43. The predicted molar refractivity (Wildman–Crippen MR) is 91.6 cm³/mol. The molecular formula is C18H23N5O. The molecule has 6 nitrogen and oxygen atoms in total. The van der Waals surface area contributed by atoms with Crippen molar-refractivity contribution in [3.8, 4) is 0 Å². The minimum atomic E-state index is -0.143. The van der Waals surface area contributed by atoms with Gasteiger partial charge in [0, 0.05) is 25.2 Å². The van der Waals surface area contributed by atoms with Gasteiger partial charge in [-0.2, -0.15) is 0 Å². The molecule has 0 radical (unpaired) electrons. The highest BCUT2D eigenvalue weighted by Crippen LogP contribution is 2.21. The molecule has 0 bridgehead atoms. The van der Waals surface area contributed by atoms with Crippen LogP contribution in [0, 0.1) is 0 Å². The summed E-state index contributed by atoms with van der Waals surface area (Å²) in [6.45, 7) is 2.39. The third-order valence-corrected chi connectivity index (χ3v) is 4.95. The van der Waals surface area contributed by atoms with Crippen molar-refractivity contribution in [1.82, 2.24) is 20.1 Å². The number of aromatic nitrogens is 3. The molecule has 126 valence electrons. The van der Waals surface area contributed by atoms with Crippen LogP contribution in [0.3, 0.4) is 0 Å². The number of para-hydroxylation sites is 1. The van der Waals surface area contributed by atoms with Crippen molar-refractivity contribution in [2.24, 2.45) is 0 Å². The Bertz CT molecular complexity index is 711. The summed E-state index contributed by atoms with van der Waals surface area (Å²) in [5.74, 6) is 2.19. The van der Waals surface area contributed by atoms with E-state index in [1.165, 1.54) is 12.8 Å². The van der Waals surface area contributed by atoms with Crippen LogP contribution in [0.15, 0.2) is 30.3 Å². The summed E-state index contributed by atoms with van der Waals surface area (Å²) in [5.41, 5.74) is 0.980. The zero-order valence-electron chi connectivity index (χ0n) is 13.8. The monoisotopic (exact) mass is 325 g/mol. The lowest BCUT2D eigenvalue weighted by Gasteiger charge is -2.32. The molecule has 2 aromatic rings. The average molecular weight is 325 g/mol. The molecule has 1 N–H and O–H groups in total. The summed E-state index contributed by atoms with van der Waals surface area (Å²) < 4.78 is 2.21. The van der Waals surface area contributed by atoms with E-state index < -0.39 is 0 Å². The first-order valence-electron chi connectivity index (χ1n) is 8.84. The van der Waals surface area contributed by atoms with Crippen LogP contribution >= 0.6 is 0 Å². The number of piperidine rings is 1. The zero-order valence-corrected chi connectivity index (χ0v) is 13.8. The molecule has 24 heavy (non-hydrogen) atoms. The van der Waals surface area contributed by atoms with Gasteiger partial charge in [0.15, 0.2) is 0 Å². The third kappa shape index (κ3) is 2.94. The van der Waals surface area contributed by atoms with Crippen molar-refractivity contribution in [3.63, 3.8) is 0 Å². The van der Waals surface area contributed by atoms with Crippen LogP contribution in [0.25, 0.3) is 0 Å². The normalized spacial score (nSPS) is 20.9. The second kappa shape index (κ2) is 6.73. The molecule has 4 rings (SSSR count). The molecule has 1 aromatic heterocycles. The maximum absolute atomic E-state index is 12.8. The molecule has 2 aliphatic heterocycles. The van der Waals surface area contributed by atoms with Crippen molar-refractivity contribution < 1.29 is 4.79 Å². The Morgan fingerprint density at radius 2 is 1.96 bits per heavy atom. The van der Waals surface area contributed by atoms with E-state index in [1.54, 1.807) is 0 Å². The van der Waals surface area contributed by atoms with Gasteiger partial charge in [-0.15, -0.1) is 10.2 Å². The number of hydrogen-bond donors (Lipinski definition) is 1. The molecule has 0 saturated carbocycles. The fourth-order valence-corrected chi connectivity index (χ4v) is 3.64. The van der Waals surface area contributed by atoms with E-state index in [-0.39, 0.29) is 11.9 Å². The number of nitrogens with zero attached hydrogens (tertiary/aromatic N) is 4. The van der Waals surface area contributed by atoms with Crippen LogP contribution in [-0.2, 0) is 24.3 Å². The maximum atomic E-state index is 12.8. The summed E-state index contributed by atoms with van der Waals surface area (Å²) >= 11 is 0. The van der Waals surface area contributed by atoms with Gasteiger partial charge >= 0.3 is 0 Å². The van der Waals surface area contributed by atoms with Gasteiger partial charge < -0.3 is 9.47 Å². The first kappa shape index (κ1) is 15.3. The van der Waals surface area contributed by atoms with Gasteiger partial charge in [0.05, 0.1) is 12.6 Å². The average Bonchev–Trinajstić information content (AvgIpc) is 3.05. The molecule has 0 aliphatic carbocycles. The number of nitrogens with one attached hydrogen (secondary N) is 1. The van der Waals surface area contributed by atoms with Crippen LogP contribution in [0.1, 0.15) is 37.3 Å². The first-order valence-corrected chi connectivity index (χ1v) is 8.84. The van der Waals surface area contributed by atoms with E-state index in [1.807, 2.05) is 35.2 Å². The van der Waals surface area contributed by atoms with E-state index in [2.05, 4.69) is 20.1 Å². The maximum Gasteiger partial charge on any atom is 0.244 e. The largest absolute Gasteiger partial charge is 0.314 e. The smallest absolute Gasteiger partial charge is 0.244 e. The summed E-state index contributed by atoms with van der Waals surface area (Å²) in [6, 6.07) is 9.77. The standard InChI is InChI=1S/C18H23N5O/c24-18-15(9-6-12-22(18)14-7-2-1-3-8-14)19-13-17-21-20-16-10-4-5-11-23(16)17/h1-3,7-8,15,19H,4-6,9-13H2. The second-order valence-electron chi connectivity index (χ2n) is 6.54. The Morgan fingerprint density at radius 1 is 1.08 bits per heavy atom. The quantitative estimate of drug-likeness (QED) is 0.932. The molecule has 1 amide bonds. The summed E-state index contributed by atoms with van der Waals surface area (Å²) in [7, 11) is 0. The third-order valence-electron chi connectivity index (χ3n) is 4.95. The van der Waals surface area contributed by atoms with Crippen molar-refractivity contribution >= 4 is 11.6 Å². The second-order valence-corrected chi connectivity index (χ2v) is 6.54. The van der Waals surface area contributed by atoms with Crippen LogP contribution < -0.4 is 10.2 Å². The van der Waals surface area contributed by atoms with Gasteiger partial charge in [0.2, 0.25) is 5.91 Å². The van der Waals surface area contributed by atoms with E-state index in [0.29, 0.717) is 6.54 Å². The SMILES string of the molecule is O=C1C(NCc2nnc3n2CCCC3)CCCN1c1ccccc1. The van der Waals surface area contributed by atoms with Gasteiger partial charge in [-0.3, -0.25) is 10.1 Å². The van der Waals surface area contributed by atoms with Gasteiger partial charge in [-0.25, -0.2) is 0 Å².